The first-order valence-corrected chi connectivity index (χ1v) is 14.9. The molecule has 2 amide bonds. The number of rotatable bonds is 12. The van der Waals surface area contributed by atoms with Gasteiger partial charge in [-0.25, -0.2) is 0 Å². The standard InChI is InChI=1S/C36H37N3O6/c1-26(11-9-17-33(41)37(21-22-40)24-27-12-5-3-6-13-27)36(44)30-23-29(38-20-10-16-32(45-2)34(38)42)18-19-31(30)39(35(36)43)25-28-14-7-4-8-15-28/h3-16,18-20,23,26,40,44H,17,21-22,24-25H2,1-2H3/b11-9+/t26-,36+/m1/s1. The van der Waals surface area contributed by atoms with Crippen molar-refractivity contribution in [2.24, 2.45) is 5.92 Å². The minimum absolute atomic E-state index is 0.0290. The number of ether oxygens (including phenoxy) is 1. The van der Waals surface area contributed by atoms with Gasteiger partial charge < -0.3 is 24.7 Å². The lowest BCUT2D eigenvalue weighted by molar-refractivity contribution is -0.139. The summed E-state index contributed by atoms with van der Waals surface area (Å²) in [4.78, 5) is 43.4. The molecule has 0 bridgehead atoms. The second-order valence-electron chi connectivity index (χ2n) is 11.0. The third-order valence-electron chi connectivity index (χ3n) is 8.16. The Morgan fingerprint density at radius 2 is 1.67 bits per heavy atom. The molecule has 2 atom stereocenters. The molecule has 1 aromatic heterocycles. The minimum atomic E-state index is -1.96. The van der Waals surface area contributed by atoms with Crippen LogP contribution in [-0.4, -0.2) is 51.8 Å². The molecule has 1 aliphatic heterocycles. The van der Waals surface area contributed by atoms with Crippen molar-refractivity contribution in [1.29, 1.82) is 0 Å². The Labute approximate surface area is 262 Å². The molecule has 2 N–H and O–H groups in total. The van der Waals surface area contributed by atoms with Crippen LogP contribution in [-0.2, 0) is 28.3 Å². The van der Waals surface area contributed by atoms with Crippen molar-refractivity contribution >= 4 is 17.5 Å². The summed E-state index contributed by atoms with van der Waals surface area (Å²) in [7, 11) is 1.42. The van der Waals surface area contributed by atoms with E-state index >= 15 is 0 Å². The second-order valence-corrected chi connectivity index (χ2v) is 11.0. The molecule has 0 saturated carbocycles. The highest BCUT2D eigenvalue weighted by Gasteiger charge is 2.52. The van der Waals surface area contributed by atoms with Gasteiger partial charge in [-0.05, 0) is 41.5 Å². The number of benzene rings is 3. The second kappa shape index (κ2) is 13.8. The average Bonchev–Trinajstić information content (AvgIpc) is 3.27. The predicted molar refractivity (Wildman–Crippen MR) is 172 cm³/mol. The number of hydrogen-bond donors (Lipinski definition) is 2. The quantitative estimate of drug-likeness (QED) is 0.234. The number of fused-ring (bicyclic) bond motifs is 1. The first kappa shape index (κ1) is 31.4. The Balaban J connectivity index is 1.45. The third kappa shape index (κ3) is 6.45. The van der Waals surface area contributed by atoms with E-state index in [2.05, 4.69) is 0 Å². The maximum atomic E-state index is 14.1. The number of anilines is 1. The lowest BCUT2D eigenvalue weighted by atomic mass is 9.82. The van der Waals surface area contributed by atoms with Crippen LogP contribution in [0.3, 0.4) is 0 Å². The highest BCUT2D eigenvalue weighted by molar-refractivity contribution is 6.07. The summed E-state index contributed by atoms with van der Waals surface area (Å²) in [5.74, 6) is -1.24. The molecule has 2 heterocycles. The summed E-state index contributed by atoms with van der Waals surface area (Å²) in [6.07, 6.45) is 4.97. The number of carbonyl (C=O) groups is 2. The van der Waals surface area contributed by atoms with Gasteiger partial charge in [0.1, 0.15) is 0 Å². The van der Waals surface area contributed by atoms with Gasteiger partial charge in [-0.2, -0.15) is 0 Å². The molecule has 232 valence electrons. The predicted octanol–water partition coefficient (Wildman–Crippen LogP) is 4.18. The fourth-order valence-electron chi connectivity index (χ4n) is 5.70. The summed E-state index contributed by atoms with van der Waals surface area (Å²) < 4.78 is 6.62. The van der Waals surface area contributed by atoms with Crippen molar-refractivity contribution < 1.29 is 24.5 Å². The van der Waals surface area contributed by atoms with Crippen LogP contribution in [0, 0.1) is 5.92 Å². The fourth-order valence-corrected chi connectivity index (χ4v) is 5.70. The zero-order chi connectivity index (χ0) is 32.0. The van der Waals surface area contributed by atoms with Crippen LogP contribution in [0.5, 0.6) is 5.75 Å². The highest BCUT2D eigenvalue weighted by Crippen LogP contribution is 2.46. The lowest BCUT2D eigenvalue weighted by Crippen LogP contribution is -2.44. The van der Waals surface area contributed by atoms with Gasteiger partial charge in [0.2, 0.25) is 5.91 Å². The van der Waals surface area contributed by atoms with Crippen molar-refractivity contribution in [2.75, 3.05) is 25.2 Å². The van der Waals surface area contributed by atoms with Crippen LogP contribution in [0.15, 0.2) is 114 Å². The number of carbonyl (C=O) groups excluding carboxylic acids is 2. The molecule has 3 aromatic carbocycles. The van der Waals surface area contributed by atoms with E-state index in [9.17, 15) is 24.6 Å². The Kier molecular flexibility index (Phi) is 9.61. The van der Waals surface area contributed by atoms with Gasteiger partial charge in [-0.15, -0.1) is 0 Å². The SMILES string of the molecule is COc1cccn(-c2ccc3c(c2)[C@@](O)([C@H](C)/C=C/CC(=O)N(CCO)Cc2ccccc2)C(=O)N3Cc2ccccc2)c1=O. The van der Waals surface area contributed by atoms with Crippen LogP contribution in [0.2, 0.25) is 0 Å². The van der Waals surface area contributed by atoms with E-state index in [0.717, 1.165) is 11.1 Å². The zero-order valence-electron chi connectivity index (χ0n) is 25.4. The Morgan fingerprint density at radius 1 is 0.978 bits per heavy atom. The number of aromatic nitrogens is 1. The van der Waals surface area contributed by atoms with Gasteiger partial charge in [0, 0.05) is 42.9 Å². The van der Waals surface area contributed by atoms with Crippen LogP contribution in [0.1, 0.15) is 30.0 Å². The largest absolute Gasteiger partial charge is 0.491 e. The average molecular weight is 608 g/mol. The smallest absolute Gasteiger partial charge is 0.297 e. The molecule has 9 heteroatoms. The van der Waals surface area contributed by atoms with Gasteiger partial charge in [-0.1, -0.05) is 79.7 Å². The first-order valence-electron chi connectivity index (χ1n) is 14.9. The van der Waals surface area contributed by atoms with Gasteiger partial charge in [0.05, 0.1) is 25.9 Å². The van der Waals surface area contributed by atoms with Gasteiger partial charge in [0.25, 0.3) is 11.5 Å². The fraction of sp³-hybridized carbons (Fsp3) is 0.250. The van der Waals surface area contributed by atoms with E-state index in [-0.39, 0.29) is 43.3 Å². The lowest BCUT2D eigenvalue weighted by Gasteiger charge is -2.28. The van der Waals surface area contributed by atoms with Crippen LogP contribution in [0.4, 0.5) is 5.69 Å². The molecular weight excluding hydrogens is 570 g/mol. The molecule has 0 radical (unpaired) electrons. The molecule has 4 aromatic rings. The number of hydrogen-bond acceptors (Lipinski definition) is 6. The molecule has 0 fully saturated rings. The number of aliphatic hydroxyl groups excluding tert-OH is 1. The molecule has 0 spiro atoms. The Hall–Kier alpha value is -4.99. The van der Waals surface area contributed by atoms with Crippen LogP contribution < -0.4 is 15.2 Å². The van der Waals surface area contributed by atoms with E-state index in [4.69, 9.17) is 4.74 Å². The van der Waals surface area contributed by atoms with E-state index in [1.807, 2.05) is 60.7 Å². The molecule has 9 nitrogen and oxygen atoms in total. The summed E-state index contributed by atoms with van der Waals surface area (Å²) in [6, 6.07) is 27.4. The molecule has 0 saturated heterocycles. The minimum Gasteiger partial charge on any atom is -0.491 e. The normalized spacial score (nSPS) is 16.5. The van der Waals surface area contributed by atoms with Crippen LogP contribution >= 0.6 is 0 Å². The molecular formula is C36H37N3O6. The van der Waals surface area contributed by atoms with Crippen molar-refractivity contribution in [3.8, 4) is 11.4 Å². The molecule has 0 aliphatic carbocycles. The van der Waals surface area contributed by atoms with Crippen molar-refractivity contribution in [3.05, 3.63) is 136 Å². The summed E-state index contributed by atoms with van der Waals surface area (Å²) in [5.41, 5.74) is 0.885. The summed E-state index contributed by atoms with van der Waals surface area (Å²) in [5, 5.41) is 21.8. The van der Waals surface area contributed by atoms with E-state index in [1.54, 1.807) is 65.4 Å². The number of nitrogens with zero attached hydrogens (tertiary/aromatic N) is 3. The van der Waals surface area contributed by atoms with Gasteiger partial charge >= 0.3 is 0 Å². The number of methoxy groups -OCH3 is 1. The van der Waals surface area contributed by atoms with Crippen molar-refractivity contribution in [1.82, 2.24) is 9.47 Å². The van der Waals surface area contributed by atoms with Crippen molar-refractivity contribution in [3.63, 3.8) is 0 Å². The van der Waals surface area contributed by atoms with Crippen LogP contribution in [0.25, 0.3) is 5.69 Å². The summed E-state index contributed by atoms with van der Waals surface area (Å²) >= 11 is 0. The third-order valence-corrected chi connectivity index (χ3v) is 8.16. The number of aliphatic hydroxyl groups is 2. The topological polar surface area (TPSA) is 112 Å². The molecule has 5 rings (SSSR count). The van der Waals surface area contributed by atoms with Gasteiger partial charge in [-0.3, -0.25) is 19.0 Å². The Morgan fingerprint density at radius 3 is 2.33 bits per heavy atom. The molecule has 45 heavy (non-hydrogen) atoms. The van der Waals surface area contributed by atoms with E-state index < -0.39 is 17.4 Å². The molecule has 0 unspecified atom stereocenters. The maximum absolute atomic E-state index is 14.1. The summed E-state index contributed by atoms with van der Waals surface area (Å²) in [6.45, 7) is 2.36. The monoisotopic (exact) mass is 607 g/mol. The Bertz CT molecular complexity index is 1740. The van der Waals surface area contributed by atoms with Gasteiger partial charge in [0.15, 0.2) is 11.4 Å². The molecule has 1 aliphatic rings. The first-order chi connectivity index (χ1) is 21.8. The number of amides is 2. The maximum Gasteiger partial charge on any atom is 0.297 e. The van der Waals surface area contributed by atoms with E-state index in [0.29, 0.717) is 23.5 Å². The van der Waals surface area contributed by atoms with E-state index in [1.165, 1.54) is 11.7 Å². The number of pyridine rings is 1. The zero-order valence-corrected chi connectivity index (χ0v) is 25.4. The van der Waals surface area contributed by atoms with Crippen molar-refractivity contribution in [2.45, 2.75) is 32.0 Å². The highest BCUT2D eigenvalue weighted by atomic mass is 16.5.